The van der Waals surface area contributed by atoms with Crippen LogP contribution in [-0.4, -0.2) is 23.8 Å². The normalized spacial score (nSPS) is 35.6. The third kappa shape index (κ3) is 3.60. The minimum absolute atomic E-state index is 0.0721. The molecule has 2 heterocycles. The maximum atomic E-state index is 11.9. The van der Waals surface area contributed by atoms with Gasteiger partial charge in [0, 0.05) is 5.57 Å². The summed E-state index contributed by atoms with van der Waals surface area (Å²) in [6, 6.07) is 0. The van der Waals surface area contributed by atoms with Gasteiger partial charge in [0.2, 0.25) is 0 Å². The van der Waals surface area contributed by atoms with Crippen LogP contribution in [0.15, 0.2) is 34.4 Å². The average Bonchev–Trinajstić information content (AvgIpc) is 3.06. The summed E-state index contributed by atoms with van der Waals surface area (Å²) >= 11 is 0. The Morgan fingerprint density at radius 3 is 2.70 bits per heavy atom. The van der Waals surface area contributed by atoms with Crippen LogP contribution in [0, 0.1) is 0 Å². The van der Waals surface area contributed by atoms with Crippen molar-refractivity contribution in [2.75, 3.05) is 0 Å². The predicted octanol–water partition coefficient (Wildman–Crippen LogP) is 4.63. The van der Waals surface area contributed by atoms with E-state index in [2.05, 4.69) is 32.9 Å². The van der Waals surface area contributed by atoms with Gasteiger partial charge in [-0.3, -0.25) is 0 Å². The van der Waals surface area contributed by atoms with Gasteiger partial charge in [-0.1, -0.05) is 17.2 Å². The Morgan fingerprint density at radius 2 is 1.91 bits per heavy atom. The summed E-state index contributed by atoms with van der Waals surface area (Å²) in [7, 11) is 0. The van der Waals surface area contributed by atoms with Crippen molar-refractivity contribution in [1.29, 1.82) is 0 Å². The Kier molecular flexibility index (Phi) is 4.50. The minimum Gasteiger partial charge on any atom is -0.450 e. The Bertz CT molecular complexity index is 596. The minimum atomic E-state index is -0.162. The zero-order chi connectivity index (χ0) is 16.6. The van der Waals surface area contributed by atoms with Gasteiger partial charge in [-0.15, -0.1) is 0 Å². The van der Waals surface area contributed by atoms with E-state index in [4.69, 9.17) is 9.47 Å². The third-order valence-electron chi connectivity index (χ3n) is 5.56. The molecule has 0 spiro atoms. The lowest BCUT2D eigenvalue weighted by atomic mass is 9.93. The van der Waals surface area contributed by atoms with E-state index in [-0.39, 0.29) is 17.7 Å². The van der Waals surface area contributed by atoms with Crippen LogP contribution in [-0.2, 0) is 14.3 Å². The summed E-state index contributed by atoms with van der Waals surface area (Å²) < 4.78 is 11.5. The van der Waals surface area contributed by atoms with E-state index in [1.54, 1.807) is 0 Å². The molecule has 23 heavy (non-hydrogen) atoms. The molecular formula is C20H28O3. The van der Waals surface area contributed by atoms with E-state index in [9.17, 15) is 4.79 Å². The maximum absolute atomic E-state index is 11.9. The molecule has 0 aromatic carbocycles. The maximum Gasteiger partial charge on any atom is 0.334 e. The predicted molar refractivity (Wildman–Crippen MR) is 91.1 cm³/mol. The summed E-state index contributed by atoms with van der Waals surface area (Å²) in [4.78, 5) is 11.9. The first-order chi connectivity index (χ1) is 10.9. The number of epoxide rings is 1. The second-order valence-corrected chi connectivity index (χ2v) is 7.54. The van der Waals surface area contributed by atoms with Gasteiger partial charge in [0.05, 0.1) is 11.7 Å². The molecule has 0 N–H and O–H groups in total. The topological polar surface area (TPSA) is 38.8 Å². The monoisotopic (exact) mass is 316 g/mol. The summed E-state index contributed by atoms with van der Waals surface area (Å²) in [6.07, 6.45) is 10.8. The van der Waals surface area contributed by atoms with Crippen molar-refractivity contribution in [3.8, 4) is 0 Å². The molecule has 3 heteroatoms. The third-order valence-corrected chi connectivity index (χ3v) is 5.56. The van der Waals surface area contributed by atoms with Gasteiger partial charge >= 0.3 is 5.97 Å². The summed E-state index contributed by atoms with van der Waals surface area (Å²) in [6.45, 7) is 8.44. The molecule has 126 valence electrons. The first kappa shape index (κ1) is 16.5. The molecule has 1 aliphatic carbocycles. The molecule has 0 bridgehead atoms. The summed E-state index contributed by atoms with van der Waals surface area (Å²) in [5.74, 6) is -0.155. The second-order valence-electron chi connectivity index (χ2n) is 7.54. The van der Waals surface area contributed by atoms with Crippen molar-refractivity contribution >= 4 is 5.97 Å². The smallest absolute Gasteiger partial charge is 0.334 e. The Hall–Kier alpha value is -1.35. The van der Waals surface area contributed by atoms with E-state index in [0.717, 1.165) is 49.7 Å². The van der Waals surface area contributed by atoms with Gasteiger partial charge < -0.3 is 9.47 Å². The van der Waals surface area contributed by atoms with Gasteiger partial charge in [-0.2, -0.15) is 0 Å². The summed E-state index contributed by atoms with van der Waals surface area (Å²) in [5.41, 5.74) is 4.71. The lowest BCUT2D eigenvalue weighted by Gasteiger charge is -2.13. The molecule has 3 aliphatic rings. The highest BCUT2D eigenvalue weighted by molar-refractivity contribution is 5.92. The van der Waals surface area contributed by atoms with Crippen LogP contribution in [0.5, 0.6) is 0 Å². The van der Waals surface area contributed by atoms with Crippen molar-refractivity contribution in [3.05, 3.63) is 34.4 Å². The molecule has 0 radical (unpaired) electrons. The molecule has 1 fully saturated rings. The highest BCUT2D eigenvalue weighted by Gasteiger charge is 2.50. The molecule has 3 nitrogen and oxygen atoms in total. The highest BCUT2D eigenvalue weighted by atomic mass is 16.6. The highest BCUT2D eigenvalue weighted by Crippen LogP contribution is 2.44. The summed E-state index contributed by atoms with van der Waals surface area (Å²) in [5, 5.41) is 0. The fourth-order valence-corrected chi connectivity index (χ4v) is 3.70. The number of fused-ring (bicyclic) bond motifs is 2. The Morgan fingerprint density at radius 1 is 1.13 bits per heavy atom. The van der Waals surface area contributed by atoms with Gasteiger partial charge in [-0.25, -0.2) is 4.79 Å². The molecule has 3 rings (SSSR count). The standard InChI is InChI=1S/C20H28O3/c1-13-6-5-11-20(4)18(23-20)10-8-14(2)12-17-16(9-7-13)15(3)19(21)22-17/h6,12,17-18H,5,7-11H2,1-4H3/t17?,18?,20-/m0/s1. The van der Waals surface area contributed by atoms with Gasteiger partial charge in [0.1, 0.15) is 6.10 Å². The first-order valence-electron chi connectivity index (χ1n) is 8.80. The van der Waals surface area contributed by atoms with Crippen LogP contribution < -0.4 is 0 Å². The lowest BCUT2D eigenvalue weighted by molar-refractivity contribution is -0.138. The number of ether oxygens (including phenoxy) is 2. The quantitative estimate of drug-likeness (QED) is 0.371. The molecule has 0 aromatic rings. The molecule has 1 saturated heterocycles. The van der Waals surface area contributed by atoms with Gasteiger partial charge in [0.15, 0.2) is 0 Å². The van der Waals surface area contributed by atoms with Crippen molar-refractivity contribution in [3.63, 3.8) is 0 Å². The van der Waals surface area contributed by atoms with E-state index in [0.29, 0.717) is 6.10 Å². The van der Waals surface area contributed by atoms with Crippen LogP contribution in [0.2, 0.25) is 0 Å². The fourth-order valence-electron chi connectivity index (χ4n) is 3.70. The largest absolute Gasteiger partial charge is 0.450 e. The number of carbonyl (C=O) groups excluding carboxylic acids is 1. The molecule has 0 aromatic heterocycles. The fraction of sp³-hybridized carbons (Fsp3) is 0.650. The number of allylic oxidation sites excluding steroid dienone is 3. The Balaban J connectivity index is 1.80. The van der Waals surface area contributed by atoms with Crippen molar-refractivity contribution in [2.24, 2.45) is 0 Å². The van der Waals surface area contributed by atoms with E-state index in [1.165, 1.54) is 11.1 Å². The van der Waals surface area contributed by atoms with Crippen molar-refractivity contribution in [1.82, 2.24) is 0 Å². The number of esters is 1. The zero-order valence-electron chi connectivity index (χ0n) is 14.8. The average molecular weight is 316 g/mol. The van der Waals surface area contributed by atoms with E-state index >= 15 is 0 Å². The van der Waals surface area contributed by atoms with Gasteiger partial charge in [0.25, 0.3) is 0 Å². The zero-order valence-corrected chi connectivity index (χ0v) is 14.8. The lowest BCUT2D eigenvalue weighted by Crippen LogP contribution is -2.11. The molecule has 2 unspecified atom stereocenters. The van der Waals surface area contributed by atoms with E-state index < -0.39 is 0 Å². The second kappa shape index (κ2) is 6.27. The molecule has 0 amide bonds. The van der Waals surface area contributed by atoms with Crippen LogP contribution >= 0.6 is 0 Å². The number of hydrogen-bond donors (Lipinski definition) is 0. The van der Waals surface area contributed by atoms with Crippen LogP contribution in [0.25, 0.3) is 0 Å². The van der Waals surface area contributed by atoms with Crippen LogP contribution in [0.1, 0.15) is 66.2 Å². The Labute approximate surface area is 139 Å². The van der Waals surface area contributed by atoms with Crippen molar-refractivity contribution < 1.29 is 14.3 Å². The SMILES string of the molecule is CC1=CCC[C@]2(C)OC2CCC(C)=CC2OC(=O)C(C)=C2CC1. The number of carbonyl (C=O) groups is 1. The number of hydrogen-bond acceptors (Lipinski definition) is 3. The van der Waals surface area contributed by atoms with Crippen molar-refractivity contribution in [2.45, 2.75) is 84.0 Å². The number of rotatable bonds is 0. The molecular weight excluding hydrogens is 288 g/mol. The van der Waals surface area contributed by atoms with Crippen LogP contribution in [0.4, 0.5) is 0 Å². The first-order valence-corrected chi connectivity index (χ1v) is 8.80. The van der Waals surface area contributed by atoms with E-state index in [1.807, 2.05) is 6.92 Å². The van der Waals surface area contributed by atoms with Gasteiger partial charge in [-0.05, 0) is 77.9 Å². The molecule has 0 saturated carbocycles. The molecule has 2 aliphatic heterocycles. The van der Waals surface area contributed by atoms with Crippen LogP contribution in [0.3, 0.4) is 0 Å². The molecule has 3 atom stereocenters.